The molecule has 1 aromatic carbocycles. The summed E-state index contributed by atoms with van der Waals surface area (Å²) in [6.45, 7) is 4.43. The summed E-state index contributed by atoms with van der Waals surface area (Å²) in [7, 11) is 5.01. The summed E-state index contributed by atoms with van der Waals surface area (Å²) in [5, 5.41) is 16.0. The molecule has 3 aliphatic heterocycles. The molecule has 2 N–H and O–H groups in total. The molecule has 2 fully saturated rings. The maximum atomic E-state index is 13.7. The summed E-state index contributed by atoms with van der Waals surface area (Å²) in [6.07, 6.45) is 4.66. The number of esters is 4. The lowest BCUT2D eigenvalue weighted by Crippen LogP contribution is -2.80. The van der Waals surface area contributed by atoms with Gasteiger partial charge in [-0.05, 0) is 31.0 Å². The fourth-order valence-corrected chi connectivity index (χ4v) is 8.00. The topological polar surface area (TPSA) is 150 Å². The van der Waals surface area contributed by atoms with Gasteiger partial charge in [-0.2, -0.15) is 0 Å². The molecule has 1 aromatic rings. The van der Waals surface area contributed by atoms with E-state index in [2.05, 4.69) is 10.2 Å². The largest absolute Gasteiger partial charge is 0.496 e. The number of aliphatic hydroxyl groups is 1. The monoisotopic (exact) mass is 584 g/mol. The number of nitrogens with zero attached hydrogens (tertiary/aromatic N) is 1. The van der Waals surface area contributed by atoms with Gasteiger partial charge in [-0.25, -0.2) is 14.4 Å². The highest BCUT2D eigenvalue weighted by Gasteiger charge is 2.79. The first kappa shape index (κ1) is 29.6. The lowest BCUT2D eigenvalue weighted by atomic mass is 9.48. The SMILES string of the molecule is CC[C@]12C=CCN3CC[C@@]4(c5cc(/C(=C/C(=O)OC)C(=O)OC)c(OC)cc5NC4[C@@](O)(C(=O)OC)[C@@H]1OC(C)=O)[C@@H]32. The van der Waals surface area contributed by atoms with Gasteiger partial charge in [0.05, 0.1) is 40.1 Å². The second-order valence-corrected chi connectivity index (χ2v) is 11.1. The molecular weight excluding hydrogens is 548 g/mol. The number of methoxy groups -OCH3 is 4. The molecule has 0 amide bonds. The van der Waals surface area contributed by atoms with E-state index < -0.39 is 52.5 Å². The molecule has 0 bridgehead atoms. The fourth-order valence-electron chi connectivity index (χ4n) is 8.00. The van der Waals surface area contributed by atoms with Crippen LogP contribution in [0.4, 0.5) is 5.69 Å². The van der Waals surface area contributed by atoms with Crippen molar-refractivity contribution in [2.45, 2.75) is 55.9 Å². The van der Waals surface area contributed by atoms with Gasteiger partial charge in [0.2, 0.25) is 5.60 Å². The van der Waals surface area contributed by atoms with Crippen LogP contribution in [-0.4, -0.2) is 99.2 Å². The molecule has 5 rings (SSSR count). The first-order valence-electron chi connectivity index (χ1n) is 13.8. The number of hydrogen-bond acceptors (Lipinski definition) is 12. The quantitative estimate of drug-likeness (QED) is 0.206. The highest BCUT2D eigenvalue weighted by molar-refractivity contribution is 6.21. The molecule has 12 nitrogen and oxygen atoms in total. The minimum absolute atomic E-state index is 0.0826. The molecule has 6 atom stereocenters. The molecule has 1 unspecified atom stereocenters. The van der Waals surface area contributed by atoms with E-state index >= 15 is 0 Å². The minimum Gasteiger partial charge on any atom is -0.496 e. The molecule has 4 aliphatic rings. The van der Waals surface area contributed by atoms with E-state index in [9.17, 15) is 24.3 Å². The third kappa shape index (κ3) is 3.81. The van der Waals surface area contributed by atoms with Crippen LogP contribution >= 0.6 is 0 Å². The van der Waals surface area contributed by atoms with Gasteiger partial charge in [0.25, 0.3) is 0 Å². The number of carbonyl (C=O) groups excluding carboxylic acids is 4. The number of hydrogen-bond donors (Lipinski definition) is 2. The maximum Gasteiger partial charge on any atom is 0.344 e. The molecule has 226 valence electrons. The van der Waals surface area contributed by atoms with Gasteiger partial charge in [0, 0.05) is 53.7 Å². The molecule has 42 heavy (non-hydrogen) atoms. The number of anilines is 1. The molecule has 3 heterocycles. The van der Waals surface area contributed by atoms with Gasteiger partial charge in [0.1, 0.15) is 5.75 Å². The van der Waals surface area contributed by atoms with Crippen molar-refractivity contribution in [3.8, 4) is 5.75 Å². The molecule has 0 aromatic heterocycles. The Labute approximate surface area is 243 Å². The summed E-state index contributed by atoms with van der Waals surface area (Å²) >= 11 is 0. The van der Waals surface area contributed by atoms with Crippen molar-refractivity contribution in [1.29, 1.82) is 0 Å². The van der Waals surface area contributed by atoms with Crippen LogP contribution in [-0.2, 0) is 43.5 Å². The zero-order valence-electron chi connectivity index (χ0n) is 24.5. The third-order valence-corrected chi connectivity index (χ3v) is 9.49. The van der Waals surface area contributed by atoms with Crippen LogP contribution in [0.25, 0.3) is 5.57 Å². The Morgan fingerprint density at radius 1 is 1.12 bits per heavy atom. The average molecular weight is 585 g/mol. The van der Waals surface area contributed by atoms with E-state index in [0.717, 1.165) is 6.08 Å². The molecule has 1 saturated carbocycles. The van der Waals surface area contributed by atoms with Crippen LogP contribution in [0.5, 0.6) is 5.75 Å². The van der Waals surface area contributed by atoms with Gasteiger partial charge in [0.15, 0.2) is 6.10 Å². The van der Waals surface area contributed by atoms with Gasteiger partial charge < -0.3 is 34.1 Å². The Hall–Kier alpha value is -3.90. The third-order valence-electron chi connectivity index (χ3n) is 9.49. The normalized spacial score (nSPS) is 32.5. The summed E-state index contributed by atoms with van der Waals surface area (Å²) in [6, 6.07) is 2.11. The number of rotatable bonds is 7. The maximum absolute atomic E-state index is 13.7. The smallest absolute Gasteiger partial charge is 0.344 e. The zero-order valence-corrected chi connectivity index (χ0v) is 24.5. The summed E-state index contributed by atoms with van der Waals surface area (Å²) in [5.41, 5.74) is -2.71. The molecule has 1 saturated heterocycles. The molecule has 1 aliphatic carbocycles. The summed E-state index contributed by atoms with van der Waals surface area (Å²) < 4.78 is 26.5. The van der Waals surface area contributed by atoms with Gasteiger partial charge in [-0.1, -0.05) is 19.1 Å². The van der Waals surface area contributed by atoms with E-state index in [1.54, 1.807) is 12.1 Å². The Morgan fingerprint density at radius 3 is 2.45 bits per heavy atom. The second kappa shape index (κ2) is 10.4. The minimum atomic E-state index is -2.30. The Morgan fingerprint density at radius 2 is 1.86 bits per heavy atom. The van der Waals surface area contributed by atoms with Crippen LogP contribution in [0.3, 0.4) is 0 Å². The summed E-state index contributed by atoms with van der Waals surface area (Å²) in [5.74, 6) is -2.87. The van der Waals surface area contributed by atoms with Crippen LogP contribution in [0, 0.1) is 5.41 Å². The van der Waals surface area contributed by atoms with Gasteiger partial charge in [-0.3, -0.25) is 9.69 Å². The van der Waals surface area contributed by atoms with E-state index in [-0.39, 0.29) is 22.9 Å². The van der Waals surface area contributed by atoms with Crippen LogP contribution < -0.4 is 10.1 Å². The van der Waals surface area contributed by atoms with Crippen molar-refractivity contribution < 1.29 is 48.0 Å². The predicted molar refractivity (Wildman–Crippen MR) is 148 cm³/mol. The van der Waals surface area contributed by atoms with E-state index in [1.807, 2.05) is 19.1 Å². The molecule has 12 heteroatoms. The van der Waals surface area contributed by atoms with Crippen molar-refractivity contribution in [2.75, 3.05) is 46.8 Å². The van der Waals surface area contributed by atoms with Crippen molar-refractivity contribution in [1.82, 2.24) is 4.90 Å². The van der Waals surface area contributed by atoms with E-state index in [0.29, 0.717) is 37.2 Å². The van der Waals surface area contributed by atoms with Crippen LogP contribution in [0.15, 0.2) is 30.4 Å². The Kier molecular flexibility index (Phi) is 7.34. The highest BCUT2D eigenvalue weighted by Crippen LogP contribution is 2.66. The fraction of sp³-hybridized carbons (Fsp3) is 0.533. The van der Waals surface area contributed by atoms with Crippen molar-refractivity contribution >= 4 is 35.1 Å². The standard InChI is InChI=1S/C30H36N2O10/c1-7-28-9-8-11-32-12-10-29(25(28)32)19-13-17(18(23(35)40-5)14-22(34)39-4)21(38-3)15-20(19)31-24(29)30(37,27(36)41-6)26(28)42-16(2)33/h8-9,13-15,24-26,31,37H,7,10-12H2,1-6H3/b18-14-/t24?,25-,26+,28+,29-,30-/m0/s1. The summed E-state index contributed by atoms with van der Waals surface area (Å²) in [4.78, 5) is 53.7. The van der Waals surface area contributed by atoms with Crippen LogP contribution in [0.2, 0.25) is 0 Å². The first-order valence-corrected chi connectivity index (χ1v) is 13.8. The van der Waals surface area contributed by atoms with Crippen molar-refractivity contribution in [3.63, 3.8) is 0 Å². The zero-order chi connectivity index (χ0) is 30.6. The number of carbonyl (C=O) groups is 4. The predicted octanol–water partition coefficient (Wildman–Crippen LogP) is 1.35. The highest BCUT2D eigenvalue weighted by atomic mass is 16.6. The number of fused-ring (bicyclic) bond motifs is 1. The Balaban J connectivity index is 1.84. The first-order chi connectivity index (χ1) is 20.0. The van der Waals surface area contributed by atoms with E-state index in [4.69, 9.17) is 23.7 Å². The lowest BCUT2D eigenvalue weighted by molar-refractivity contribution is -0.226. The van der Waals surface area contributed by atoms with E-state index in [1.165, 1.54) is 35.4 Å². The molecular formula is C30H36N2O10. The number of ether oxygens (including phenoxy) is 5. The van der Waals surface area contributed by atoms with Crippen LogP contribution in [0.1, 0.15) is 37.8 Å². The number of nitrogens with one attached hydrogen (secondary N) is 1. The average Bonchev–Trinajstić information content (AvgIpc) is 3.55. The Bertz CT molecular complexity index is 1400. The van der Waals surface area contributed by atoms with Crippen molar-refractivity contribution in [2.24, 2.45) is 5.41 Å². The van der Waals surface area contributed by atoms with Gasteiger partial charge in [-0.15, -0.1) is 0 Å². The molecule has 1 spiro atoms. The number of benzene rings is 1. The van der Waals surface area contributed by atoms with Crippen molar-refractivity contribution in [3.05, 3.63) is 41.5 Å². The second-order valence-electron chi connectivity index (χ2n) is 11.1. The molecule has 0 radical (unpaired) electrons. The van der Waals surface area contributed by atoms with Gasteiger partial charge >= 0.3 is 23.9 Å². The lowest BCUT2D eigenvalue weighted by Gasteiger charge is -2.62.